The fourth-order valence-corrected chi connectivity index (χ4v) is 10.5. The highest BCUT2D eigenvalue weighted by molar-refractivity contribution is 7.26. The maximum absolute atomic E-state index is 6.59. The van der Waals surface area contributed by atoms with E-state index < -0.39 is 0 Å². The van der Waals surface area contributed by atoms with E-state index in [0.717, 1.165) is 44.2 Å². The Labute approximate surface area is 345 Å². The van der Waals surface area contributed by atoms with Gasteiger partial charge in [-0.2, -0.15) is 0 Å². The molecule has 8 aromatic carbocycles. The SMILES string of the molecule is CC1(C)c2ccccc2-c2ccc(-c3nc(-c4ccccc4)nc(-c4cccc5oc6ccc(-c7cccc8sc9cccc(-c%10ccccc%10)c9c78)cc6c45)n3)cc21. The van der Waals surface area contributed by atoms with Crippen LogP contribution in [0.4, 0.5) is 0 Å². The third-order valence-corrected chi connectivity index (χ3v) is 13.3. The van der Waals surface area contributed by atoms with E-state index in [4.69, 9.17) is 19.4 Å². The average Bonchev–Trinajstić information content (AvgIpc) is 3.94. The summed E-state index contributed by atoms with van der Waals surface area (Å²) in [5.41, 5.74) is 14.2. The van der Waals surface area contributed by atoms with Crippen molar-refractivity contribution >= 4 is 53.4 Å². The summed E-state index contributed by atoms with van der Waals surface area (Å²) in [4.78, 5) is 15.6. The van der Waals surface area contributed by atoms with Crippen molar-refractivity contribution in [2.75, 3.05) is 0 Å². The molecule has 12 rings (SSSR count). The van der Waals surface area contributed by atoms with Crippen LogP contribution in [-0.4, -0.2) is 15.0 Å². The fourth-order valence-electron chi connectivity index (χ4n) is 9.33. The lowest BCUT2D eigenvalue weighted by atomic mass is 9.82. The molecule has 1 aliphatic rings. The smallest absolute Gasteiger partial charge is 0.164 e. The molecule has 3 heterocycles. The summed E-state index contributed by atoms with van der Waals surface area (Å²) < 4.78 is 9.14. The Morgan fingerprint density at radius 2 is 0.966 bits per heavy atom. The van der Waals surface area contributed by atoms with E-state index in [0.29, 0.717) is 17.5 Å². The summed E-state index contributed by atoms with van der Waals surface area (Å²) in [6.07, 6.45) is 0. The van der Waals surface area contributed by atoms with Gasteiger partial charge in [-0.1, -0.05) is 153 Å². The van der Waals surface area contributed by atoms with Crippen molar-refractivity contribution < 1.29 is 4.42 Å². The van der Waals surface area contributed by atoms with Crippen LogP contribution in [0.15, 0.2) is 180 Å². The highest BCUT2D eigenvalue weighted by Crippen LogP contribution is 2.50. The van der Waals surface area contributed by atoms with Crippen molar-refractivity contribution in [2.24, 2.45) is 0 Å². The lowest BCUT2D eigenvalue weighted by Gasteiger charge is -2.21. The molecule has 0 saturated heterocycles. The number of hydrogen-bond acceptors (Lipinski definition) is 5. The molecule has 0 aliphatic heterocycles. The molecule has 0 radical (unpaired) electrons. The molecule has 1 aliphatic carbocycles. The van der Waals surface area contributed by atoms with Gasteiger partial charge < -0.3 is 4.42 Å². The van der Waals surface area contributed by atoms with Crippen LogP contribution in [-0.2, 0) is 5.41 Å². The van der Waals surface area contributed by atoms with Crippen LogP contribution in [0, 0.1) is 0 Å². The zero-order valence-electron chi connectivity index (χ0n) is 32.4. The minimum atomic E-state index is -0.151. The van der Waals surface area contributed by atoms with Gasteiger partial charge in [-0.05, 0) is 80.9 Å². The summed E-state index contributed by atoms with van der Waals surface area (Å²) in [6.45, 7) is 4.61. The number of aromatic nitrogens is 3. The maximum atomic E-state index is 6.59. The zero-order valence-corrected chi connectivity index (χ0v) is 33.2. The number of benzene rings is 8. The lowest BCUT2D eigenvalue weighted by Crippen LogP contribution is -2.15. The number of fused-ring (bicyclic) bond motifs is 9. The number of nitrogens with zero attached hydrogens (tertiary/aromatic N) is 3. The maximum Gasteiger partial charge on any atom is 0.164 e. The van der Waals surface area contributed by atoms with Crippen LogP contribution in [0.2, 0.25) is 0 Å². The van der Waals surface area contributed by atoms with E-state index in [1.54, 1.807) is 0 Å². The van der Waals surface area contributed by atoms with Gasteiger partial charge in [-0.25, -0.2) is 15.0 Å². The Kier molecular flexibility index (Phi) is 7.41. The molecule has 0 saturated carbocycles. The van der Waals surface area contributed by atoms with Crippen molar-refractivity contribution in [1.29, 1.82) is 0 Å². The topological polar surface area (TPSA) is 51.8 Å². The number of hydrogen-bond donors (Lipinski definition) is 0. The molecule has 4 nitrogen and oxygen atoms in total. The summed E-state index contributed by atoms with van der Waals surface area (Å²) in [6, 6.07) is 62.4. The minimum Gasteiger partial charge on any atom is -0.456 e. The monoisotopic (exact) mass is 773 g/mol. The normalized spacial score (nSPS) is 13.1. The Hall–Kier alpha value is -7.21. The molecular formula is C54H35N3OS. The van der Waals surface area contributed by atoms with Crippen molar-refractivity contribution in [3.05, 3.63) is 187 Å². The number of rotatable bonds is 5. The van der Waals surface area contributed by atoms with Gasteiger partial charge in [0.05, 0.1) is 0 Å². The second-order valence-electron chi connectivity index (χ2n) is 15.9. The van der Waals surface area contributed by atoms with Crippen molar-refractivity contribution in [2.45, 2.75) is 19.3 Å². The van der Waals surface area contributed by atoms with E-state index in [1.165, 1.54) is 59.1 Å². The molecule has 278 valence electrons. The Morgan fingerprint density at radius 3 is 1.73 bits per heavy atom. The van der Waals surface area contributed by atoms with Gasteiger partial charge in [0.25, 0.3) is 0 Å². The predicted molar refractivity (Wildman–Crippen MR) is 245 cm³/mol. The largest absolute Gasteiger partial charge is 0.456 e. The van der Waals surface area contributed by atoms with E-state index in [2.05, 4.69) is 159 Å². The number of furan rings is 1. The fraction of sp³-hybridized carbons (Fsp3) is 0.0556. The molecule has 11 aromatic rings. The minimum absolute atomic E-state index is 0.151. The highest BCUT2D eigenvalue weighted by atomic mass is 32.1. The Morgan fingerprint density at radius 1 is 0.390 bits per heavy atom. The molecule has 0 fully saturated rings. The summed E-state index contributed by atoms with van der Waals surface area (Å²) in [7, 11) is 0. The second-order valence-corrected chi connectivity index (χ2v) is 17.0. The molecule has 0 unspecified atom stereocenters. The molecular weight excluding hydrogens is 739 g/mol. The van der Waals surface area contributed by atoms with Crippen LogP contribution < -0.4 is 0 Å². The van der Waals surface area contributed by atoms with E-state index in [1.807, 2.05) is 41.7 Å². The van der Waals surface area contributed by atoms with E-state index in [-0.39, 0.29) is 5.41 Å². The van der Waals surface area contributed by atoms with Gasteiger partial charge in [-0.15, -0.1) is 11.3 Å². The molecule has 59 heavy (non-hydrogen) atoms. The summed E-state index contributed by atoms with van der Waals surface area (Å²) >= 11 is 1.85. The first-order valence-electron chi connectivity index (χ1n) is 20.0. The van der Waals surface area contributed by atoms with Crippen molar-refractivity contribution in [3.63, 3.8) is 0 Å². The van der Waals surface area contributed by atoms with E-state index in [9.17, 15) is 0 Å². The molecule has 0 atom stereocenters. The lowest BCUT2D eigenvalue weighted by molar-refractivity contribution is 0.660. The van der Waals surface area contributed by atoms with Crippen LogP contribution >= 0.6 is 11.3 Å². The van der Waals surface area contributed by atoms with E-state index >= 15 is 0 Å². The first kappa shape index (κ1) is 33.9. The zero-order chi connectivity index (χ0) is 39.2. The van der Waals surface area contributed by atoms with Gasteiger partial charge in [0.2, 0.25) is 0 Å². The molecule has 3 aromatic heterocycles. The van der Waals surface area contributed by atoms with Crippen molar-refractivity contribution in [3.8, 4) is 67.5 Å². The first-order chi connectivity index (χ1) is 29.0. The van der Waals surface area contributed by atoms with Gasteiger partial charge >= 0.3 is 0 Å². The summed E-state index contributed by atoms with van der Waals surface area (Å²) in [5, 5.41) is 4.57. The Balaban J connectivity index is 1.06. The third kappa shape index (κ3) is 5.25. The van der Waals surface area contributed by atoms with Gasteiger partial charge in [-0.3, -0.25) is 0 Å². The second kappa shape index (κ2) is 12.9. The molecule has 0 bridgehead atoms. The third-order valence-electron chi connectivity index (χ3n) is 12.2. The molecule has 5 heteroatoms. The highest BCUT2D eigenvalue weighted by Gasteiger charge is 2.35. The standard InChI is InChI=1S/C54H35N3OS/c1-54(2)42-22-10-9-18-38(42)39-28-26-35(31-43(39)54)52-55-51(33-16-7-4-8-17-33)56-53(57-52)40-21-11-23-45-48(40)41-30-34(27-29-44(41)58-45)37-20-13-25-47-50(37)49-36(19-12-24-46(49)59-47)32-14-5-3-6-15-32/h3-31H,1-2H3. The van der Waals surface area contributed by atoms with Gasteiger partial charge in [0.15, 0.2) is 17.5 Å². The average molecular weight is 774 g/mol. The van der Waals surface area contributed by atoms with Crippen LogP contribution in [0.5, 0.6) is 0 Å². The van der Waals surface area contributed by atoms with Crippen molar-refractivity contribution in [1.82, 2.24) is 15.0 Å². The molecule has 0 spiro atoms. The van der Waals surface area contributed by atoms with Crippen LogP contribution in [0.1, 0.15) is 25.0 Å². The van der Waals surface area contributed by atoms with Gasteiger partial charge in [0.1, 0.15) is 11.2 Å². The molecule has 0 N–H and O–H groups in total. The van der Waals surface area contributed by atoms with Crippen LogP contribution in [0.25, 0.3) is 110 Å². The van der Waals surface area contributed by atoms with Gasteiger partial charge in [0, 0.05) is 53.1 Å². The number of thiophene rings is 1. The van der Waals surface area contributed by atoms with Crippen LogP contribution in [0.3, 0.4) is 0 Å². The first-order valence-corrected chi connectivity index (χ1v) is 20.8. The predicted octanol–water partition coefficient (Wildman–Crippen LogP) is 14.8. The summed E-state index contributed by atoms with van der Waals surface area (Å²) in [5.74, 6) is 1.87. The quantitative estimate of drug-likeness (QED) is 0.175. The molecule has 0 amide bonds. The Bertz CT molecular complexity index is 3470.